The van der Waals surface area contributed by atoms with Crippen LogP contribution in [-0.2, 0) is 4.79 Å². The van der Waals surface area contributed by atoms with Gasteiger partial charge in [-0.3, -0.25) is 0 Å². The van der Waals surface area contributed by atoms with Gasteiger partial charge in [0.1, 0.15) is 0 Å². The quantitative estimate of drug-likeness (QED) is 0.515. The van der Waals surface area contributed by atoms with Crippen LogP contribution in [0.15, 0.2) is 12.2 Å². The Balaban J connectivity index is 3.10. The van der Waals surface area contributed by atoms with Gasteiger partial charge in [0.2, 0.25) is 0 Å². The molecule has 0 aromatic carbocycles. The molecule has 0 saturated carbocycles. The molecule has 2 nitrogen and oxygen atoms in total. The number of allylic oxidation sites excluding steroid dienone is 1. The molecule has 0 spiro atoms. The van der Waals surface area contributed by atoms with E-state index in [0.717, 1.165) is 12.0 Å². The minimum absolute atomic E-state index is 0.146. The molecule has 0 N–H and O–H groups in total. The predicted molar refractivity (Wildman–Crippen MR) is 33.7 cm³/mol. The van der Waals surface area contributed by atoms with E-state index in [1.165, 1.54) is 0 Å². The lowest BCUT2D eigenvalue weighted by Crippen LogP contribution is -2.21. The van der Waals surface area contributed by atoms with Gasteiger partial charge in [-0.15, -0.1) is 6.58 Å². The van der Waals surface area contributed by atoms with Gasteiger partial charge in [0, 0.05) is 5.97 Å². The molecule has 0 radical (unpaired) electrons. The maximum Gasteiger partial charge on any atom is 0.0414 e. The van der Waals surface area contributed by atoms with Crippen molar-refractivity contribution in [2.24, 2.45) is 0 Å². The molecular formula is C7H11O2-. The third kappa shape index (κ3) is 7.21. The first-order valence-electron chi connectivity index (χ1n) is 2.97. The highest BCUT2D eigenvalue weighted by Gasteiger charge is 1.87. The molecule has 0 bridgehead atoms. The average molecular weight is 127 g/mol. The molecule has 0 heterocycles. The van der Waals surface area contributed by atoms with Gasteiger partial charge in [-0.25, -0.2) is 0 Å². The number of rotatable bonds is 4. The summed E-state index contributed by atoms with van der Waals surface area (Å²) < 4.78 is 0. The van der Waals surface area contributed by atoms with E-state index in [1.807, 2.05) is 6.92 Å². The van der Waals surface area contributed by atoms with E-state index in [1.54, 1.807) is 0 Å². The maximum atomic E-state index is 9.84. The van der Waals surface area contributed by atoms with Crippen LogP contribution < -0.4 is 5.11 Å². The van der Waals surface area contributed by atoms with Gasteiger partial charge < -0.3 is 9.90 Å². The Morgan fingerprint density at radius 3 is 2.44 bits per heavy atom. The number of carbonyl (C=O) groups is 1. The molecule has 0 aliphatic carbocycles. The van der Waals surface area contributed by atoms with Crippen molar-refractivity contribution in [2.45, 2.75) is 26.2 Å². The van der Waals surface area contributed by atoms with E-state index < -0.39 is 5.97 Å². The summed E-state index contributed by atoms with van der Waals surface area (Å²) >= 11 is 0. The smallest absolute Gasteiger partial charge is 0.0414 e. The van der Waals surface area contributed by atoms with Gasteiger partial charge >= 0.3 is 0 Å². The molecule has 0 aromatic heterocycles. The monoisotopic (exact) mass is 127 g/mol. The first-order chi connectivity index (χ1) is 4.13. The Morgan fingerprint density at radius 2 is 2.11 bits per heavy atom. The third-order valence-corrected chi connectivity index (χ3v) is 0.984. The Morgan fingerprint density at radius 1 is 1.56 bits per heavy atom. The van der Waals surface area contributed by atoms with Crippen LogP contribution >= 0.6 is 0 Å². The van der Waals surface area contributed by atoms with Crippen LogP contribution in [0.25, 0.3) is 0 Å². The normalized spacial score (nSPS) is 9.00. The van der Waals surface area contributed by atoms with Crippen molar-refractivity contribution in [1.82, 2.24) is 0 Å². The standard InChI is InChI=1S/C7H12O2/c1-6(2)4-3-5-7(8)9/h1,3-5H2,2H3,(H,8,9)/p-1. The molecule has 0 aliphatic heterocycles. The van der Waals surface area contributed by atoms with Gasteiger partial charge in [0.05, 0.1) is 0 Å². The zero-order valence-electron chi connectivity index (χ0n) is 5.64. The highest BCUT2D eigenvalue weighted by atomic mass is 16.4. The van der Waals surface area contributed by atoms with Crippen molar-refractivity contribution in [1.29, 1.82) is 0 Å². The van der Waals surface area contributed by atoms with Crippen molar-refractivity contribution < 1.29 is 9.90 Å². The van der Waals surface area contributed by atoms with Crippen LogP contribution in [0, 0.1) is 0 Å². The van der Waals surface area contributed by atoms with Gasteiger partial charge in [-0.05, 0) is 26.2 Å². The molecule has 0 atom stereocenters. The Hall–Kier alpha value is -0.790. The summed E-state index contributed by atoms with van der Waals surface area (Å²) in [7, 11) is 0. The van der Waals surface area contributed by atoms with Crippen molar-refractivity contribution in [3.05, 3.63) is 12.2 Å². The zero-order valence-corrected chi connectivity index (χ0v) is 5.64. The second-order valence-electron chi connectivity index (χ2n) is 2.18. The fourth-order valence-corrected chi connectivity index (χ4v) is 0.535. The van der Waals surface area contributed by atoms with Crippen LogP contribution in [0.3, 0.4) is 0 Å². The van der Waals surface area contributed by atoms with Crippen molar-refractivity contribution in [3.8, 4) is 0 Å². The first-order valence-corrected chi connectivity index (χ1v) is 2.97. The van der Waals surface area contributed by atoms with Gasteiger partial charge in [0.25, 0.3) is 0 Å². The minimum Gasteiger partial charge on any atom is -0.550 e. The van der Waals surface area contributed by atoms with Crippen LogP contribution in [0.5, 0.6) is 0 Å². The summed E-state index contributed by atoms with van der Waals surface area (Å²) in [4.78, 5) is 9.84. The molecule has 0 aromatic rings. The van der Waals surface area contributed by atoms with E-state index in [2.05, 4.69) is 6.58 Å². The molecule has 0 saturated heterocycles. The predicted octanol–water partition coefficient (Wildman–Crippen LogP) is 0.483. The fourth-order valence-electron chi connectivity index (χ4n) is 0.535. The van der Waals surface area contributed by atoms with Crippen LogP contribution in [0.4, 0.5) is 0 Å². The van der Waals surface area contributed by atoms with E-state index in [0.29, 0.717) is 6.42 Å². The summed E-state index contributed by atoms with van der Waals surface area (Å²) in [5.41, 5.74) is 1.02. The molecule has 0 unspecified atom stereocenters. The Bertz CT molecular complexity index is 102. The fraction of sp³-hybridized carbons (Fsp3) is 0.571. The van der Waals surface area contributed by atoms with Crippen LogP contribution in [-0.4, -0.2) is 5.97 Å². The van der Waals surface area contributed by atoms with E-state index in [4.69, 9.17) is 0 Å². The Kier molecular flexibility index (Phi) is 3.76. The molecule has 0 rings (SSSR count). The van der Waals surface area contributed by atoms with E-state index in [9.17, 15) is 9.90 Å². The minimum atomic E-state index is -0.976. The lowest BCUT2D eigenvalue weighted by atomic mass is 10.1. The summed E-state index contributed by atoms with van der Waals surface area (Å²) in [6, 6.07) is 0. The summed E-state index contributed by atoms with van der Waals surface area (Å²) in [5, 5.41) is 9.84. The van der Waals surface area contributed by atoms with Gasteiger partial charge in [0.15, 0.2) is 0 Å². The first kappa shape index (κ1) is 8.21. The number of hydrogen-bond donors (Lipinski definition) is 0. The number of carboxylic acids is 1. The Labute approximate surface area is 55.2 Å². The van der Waals surface area contributed by atoms with Crippen molar-refractivity contribution in [2.75, 3.05) is 0 Å². The number of carbonyl (C=O) groups excluding carboxylic acids is 1. The van der Waals surface area contributed by atoms with Crippen LogP contribution in [0.1, 0.15) is 26.2 Å². The number of hydrogen-bond acceptors (Lipinski definition) is 2. The molecule has 9 heavy (non-hydrogen) atoms. The highest BCUT2D eigenvalue weighted by molar-refractivity contribution is 5.64. The summed E-state index contributed by atoms with van der Waals surface area (Å²) in [6.07, 6.45) is 1.58. The molecular weight excluding hydrogens is 116 g/mol. The van der Waals surface area contributed by atoms with E-state index >= 15 is 0 Å². The number of aliphatic carboxylic acids is 1. The lowest BCUT2D eigenvalue weighted by molar-refractivity contribution is -0.305. The second-order valence-corrected chi connectivity index (χ2v) is 2.18. The van der Waals surface area contributed by atoms with Gasteiger partial charge in [-0.2, -0.15) is 0 Å². The molecule has 0 aliphatic rings. The third-order valence-electron chi connectivity index (χ3n) is 0.984. The SMILES string of the molecule is C=C(C)CCCC(=O)[O-]. The topological polar surface area (TPSA) is 40.1 Å². The molecule has 0 amide bonds. The average Bonchev–Trinajstić information content (AvgIpc) is 1.63. The lowest BCUT2D eigenvalue weighted by Gasteiger charge is -1.99. The largest absolute Gasteiger partial charge is 0.550 e. The molecule has 0 fully saturated rings. The van der Waals surface area contributed by atoms with Crippen molar-refractivity contribution >= 4 is 5.97 Å². The molecule has 52 valence electrons. The van der Waals surface area contributed by atoms with Crippen molar-refractivity contribution in [3.63, 3.8) is 0 Å². The second kappa shape index (κ2) is 4.13. The molecule has 2 heteroatoms. The zero-order chi connectivity index (χ0) is 7.28. The van der Waals surface area contributed by atoms with E-state index in [-0.39, 0.29) is 6.42 Å². The number of carboxylic acid groups (broad SMARTS) is 1. The highest BCUT2D eigenvalue weighted by Crippen LogP contribution is 2.01. The van der Waals surface area contributed by atoms with Crippen LogP contribution in [0.2, 0.25) is 0 Å². The summed E-state index contributed by atoms with van der Waals surface area (Å²) in [5.74, 6) is -0.976. The van der Waals surface area contributed by atoms with Gasteiger partial charge in [-0.1, -0.05) is 5.57 Å². The summed E-state index contributed by atoms with van der Waals surface area (Å²) in [6.45, 7) is 5.52. The maximum absolute atomic E-state index is 9.84.